The van der Waals surface area contributed by atoms with E-state index < -0.39 is 33.0 Å². The van der Waals surface area contributed by atoms with Crippen LogP contribution in [-0.4, -0.2) is 29.0 Å². The summed E-state index contributed by atoms with van der Waals surface area (Å²) in [5, 5.41) is 0. The Balaban J connectivity index is 2.29. The molecule has 1 saturated carbocycles. The van der Waals surface area contributed by atoms with Crippen LogP contribution in [0.5, 0.6) is 0 Å². The Labute approximate surface area is 88.0 Å². The predicted octanol–water partition coefficient (Wildman–Crippen LogP) is -0.149. The van der Waals surface area contributed by atoms with Crippen molar-refractivity contribution in [2.24, 2.45) is 0 Å². The molecule has 0 spiro atoms. The Bertz CT molecular complexity index is 396. The van der Waals surface area contributed by atoms with E-state index in [2.05, 4.69) is 12.0 Å². The Kier molecular flexibility index (Phi) is 2.75. The maximum Gasteiger partial charge on any atom is 0.416 e. The minimum Gasteiger partial charge on any atom is -0.244 e. The molecule has 1 heterocycles. The molecule has 15 heavy (non-hydrogen) atoms. The first-order valence-electron chi connectivity index (χ1n) is 4.44. The molecule has 0 aromatic heterocycles. The first kappa shape index (κ1) is 11.3. The lowest BCUT2D eigenvalue weighted by Gasteiger charge is -2.29. The van der Waals surface area contributed by atoms with Crippen molar-refractivity contribution in [3.05, 3.63) is 0 Å². The largest absolute Gasteiger partial charge is 0.416 e. The molecule has 7 nitrogen and oxygen atoms in total. The second kappa shape index (κ2) is 3.67. The Morgan fingerprint density at radius 2 is 1.33 bits per heavy atom. The van der Waals surface area contributed by atoms with Gasteiger partial charge in [0.1, 0.15) is 0 Å². The lowest BCUT2D eigenvalue weighted by Crippen LogP contribution is -2.36. The van der Waals surface area contributed by atoms with Gasteiger partial charge in [0, 0.05) is 6.42 Å². The highest BCUT2D eigenvalue weighted by atomic mass is 32.3. The summed E-state index contributed by atoms with van der Waals surface area (Å²) in [4.78, 5) is 0. The van der Waals surface area contributed by atoms with Gasteiger partial charge in [-0.3, -0.25) is 0 Å². The molecule has 0 amide bonds. The molecule has 0 aromatic carbocycles. The highest BCUT2D eigenvalue weighted by molar-refractivity contribution is 7.95. The van der Waals surface area contributed by atoms with Crippen LogP contribution in [0.2, 0.25) is 0 Å². The van der Waals surface area contributed by atoms with Crippen molar-refractivity contribution in [3.8, 4) is 0 Å². The smallest absolute Gasteiger partial charge is 0.244 e. The quantitative estimate of drug-likeness (QED) is 0.596. The summed E-state index contributed by atoms with van der Waals surface area (Å²) in [6, 6.07) is 0. The Hall–Kier alpha value is -0.220. The van der Waals surface area contributed by atoms with Crippen molar-refractivity contribution in [3.63, 3.8) is 0 Å². The molecule has 0 radical (unpaired) electrons. The van der Waals surface area contributed by atoms with E-state index in [0.29, 0.717) is 19.3 Å². The fourth-order valence-corrected chi connectivity index (χ4v) is 3.83. The summed E-state index contributed by atoms with van der Waals surface area (Å²) in [6.07, 6.45) is 0.932. The van der Waals surface area contributed by atoms with Crippen LogP contribution in [0, 0.1) is 0 Å². The topological polar surface area (TPSA) is 96.0 Å². The maximum atomic E-state index is 11.0. The van der Waals surface area contributed by atoms with E-state index in [4.69, 9.17) is 0 Å². The molecule has 1 saturated heterocycles. The molecule has 2 atom stereocenters. The van der Waals surface area contributed by atoms with Gasteiger partial charge in [-0.1, -0.05) is 0 Å². The number of hydrogen-bond acceptors (Lipinski definition) is 7. The summed E-state index contributed by atoms with van der Waals surface area (Å²) in [5.41, 5.74) is 0. The van der Waals surface area contributed by atoms with Crippen LogP contribution >= 0.6 is 0 Å². The van der Waals surface area contributed by atoms with Crippen molar-refractivity contribution in [2.75, 3.05) is 0 Å². The minimum atomic E-state index is -4.51. The van der Waals surface area contributed by atoms with Crippen LogP contribution in [0.3, 0.4) is 0 Å². The van der Waals surface area contributed by atoms with Gasteiger partial charge in [0.05, 0.1) is 12.2 Å². The van der Waals surface area contributed by atoms with Crippen molar-refractivity contribution < 1.29 is 28.8 Å². The van der Waals surface area contributed by atoms with E-state index >= 15 is 0 Å². The van der Waals surface area contributed by atoms with Crippen LogP contribution in [0.1, 0.15) is 25.7 Å². The second-order valence-corrected chi connectivity index (χ2v) is 6.05. The molecule has 1 aliphatic heterocycles. The standard InChI is InChI=1S/C6H10O7S2/c7-14(8)11-5-2-1-3-6(4-5)12-15(9,10)13-14/h5-6H,1-4H2. The average molecular weight is 258 g/mol. The fourth-order valence-electron chi connectivity index (χ4n) is 1.74. The Morgan fingerprint density at radius 3 is 1.80 bits per heavy atom. The van der Waals surface area contributed by atoms with Crippen molar-refractivity contribution >= 4 is 20.8 Å². The molecule has 1 aliphatic carbocycles. The van der Waals surface area contributed by atoms with E-state index in [1.54, 1.807) is 0 Å². The molecule has 2 bridgehead atoms. The zero-order chi connectivity index (χ0) is 11.1. The van der Waals surface area contributed by atoms with Gasteiger partial charge in [0.15, 0.2) is 0 Å². The lowest BCUT2D eigenvalue weighted by atomic mass is 9.95. The fraction of sp³-hybridized carbons (Fsp3) is 1.00. The van der Waals surface area contributed by atoms with Crippen LogP contribution in [0.25, 0.3) is 0 Å². The molecule has 9 heteroatoms. The van der Waals surface area contributed by atoms with E-state index in [1.807, 2.05) is 0 Å². The van der Waals surface area contributed by atoms with E-state index in [0.717, 1.165) is 0 Å². The minimum absolute atomic E-state index is 0.252. The number of fused-ring (bicyclic) bond motifs is 2. The summed E-state index contributed by atoms with van der Waals surface area (Å²) >= 11 is 0. The number of hydrogen-bond donors (Lipinski definition) is 0. The summed E-state index contributed by atoms with van der Waals surface area (Å²) in [5.74, 6) is 0. The van der Waals surface area contributed by atoms with Crippen LogP contribution in [0.4, 0.5) is 0 Å². The first-order valence-corrected chi connectivity index (χ1v) is 7.10. The van der Waals surface area contributed by atoms with Crippen LogP contribution in [0.15, 0.2) is 0 Å². The molecular weight excluding hydrogens is 248 g/mol. The molecular formula is C6H10O7S2. The number of rotatable bonds is 0. The van der Waals surface area contributed by atoms with Gasteiger partial charge >= 0.3 is 20.8 Å². The van der Waals surface area contributed by atoms with Gasteiger partial charge in [-0.2, -0.15) is 16.8 Å². The van der Waals surface area contributed by atoms with E-state index in [1.165, 1.54) is 0 Å². The zero-order valence-electron chi connectivity index (χ0n) is 7.66. The molecule has 2 aliphatic rings. The monoisotopic (exact) mass is 258 g/mol. The molecule has 2 rings (SSSR count). The summed E-state index contributed by atoms with van der Waals surface area (Å²) in [7, 11) is -9.03. The third kappa shape index (κ3) is 2.88. The van der Waals surface area contributed by atoms with Crippen LogP contribution < -0.4 is 0 Å². The van der Waals surface area contributed by atoms with Gasteiger partial charge < -0.3 is 0 Å². The first-order chi connectivity index (χ1) is 6.86. The zero-order valence-corrected chi connectivity index (χ0v) is 9.29. The normalized spacial score (nSPS) is 38.9. The third-order valence-electron chi connectivity index (χ3n) is 2.25. The van der Waals surface area contributed by atoms with Crippen molar-refractivity contribution in [2.45, 2.75) is 37.9 Å². The maximum absolute atomic E-state index is 11.0. The van der Waals surface area contributed by atoms with Gasteiger partial charge in [-0.05, 0) is 19.3 Å². The highest BCUT2D eigenvalue weighted by Crippen LogP contribution is 2.29. The predicted molar refractivity (Wildman–Crippen MR) is 47.1 cm³/mol. The molecule has 2 fully saturated rings. The molecule has 2 unspecified atom stereocenters. The lowest BCUT2D eigenvalue weighted by molar-refractivity contribution is 0.0477. The van der Waals surface area contributed by atoms with Crippen molar-refractivity contribution in [1.29, 1.82) is 0 Å². The van der Waals surface area contributed by atoms with Gasteiger partial charge in [0.2, 0.25) is 0 Å². The molecule has 88 valence electrons. The van der Waals surface area contributed by atoms with Crippen molar-refractivity contribution in [1.82, 2.24) is 0 Å². The summed E-state index contributed by atoms with van der Waals surface area (Å²) in [6.45, 7) is 0. The SMILES string of the molecule is O=S1(=O)OC2CCCC(C2)OS(=O)(=O)O1. The van der Waals surface area contributed by atoms with Gasteiger partial charge in [0.25, 0.3) is 0 Å². The Morgan fingerprint density at radius 1 is 0.867 bits per heavy atom. The van der Waals surface area contributed by atoms with Gasteiger partial charge in [-0.15, -0.1) is 3.63 Å². The third-order valence-corrected chi connectivity index (χ3v) is 4.60. The van der Waals surface area contributed by atoms with E-state index in [9.17, 15) is 16.8 Å². The van der Waals surface area contributed by atoms with E-state index in [-0.39, 0.29) is 6.42 Å². The molecule has 0 N–H and O–H groups in total. The second-order valence-electron chi connectivity index (χ2n) is 3.49. The average Bonchev–Trinajstić information content (AvgIpc) is 1.97. The molecule has 0 aromatic rings. The van der Waals surface area contributed by atoms with Crippen LogP contribution in [-0.2, 0) is 32.8 Å². The summed E-state index contributed by atoms with van der Waals surface area (Å²) < 4.78 is 57.1. The van der Waals surface area contributed by atoms with Gasteiger partial charge in [-0.25, -0.2) is 8.37 Å². The highest BCUT2D eigenvalue weighted by Gasteiger charge is 2.37.